The predicted octanol–water partition coefficient (Wildman–Crippen LogP) is 2.64. The number of hydrazone groups is 1. The van der Waals surface area contributed by atoms with E-state index in [4.69, 9.17) is 16.3 Å². The SMILES string of the molecule is Cc1c(F)c(C2=NNC(=O)CC2C)cc(Cl)c1OCC(F)(F)COS(C)(=O)=O. The van der Waals surface area contributed by atoms with E-state index in [-0.39, 0.29) is 45.9 Å². The molecule has 1 aliphatic rings. The molecule has 12 heteroatoms. The number of carbonyl (C=O) groups is 1. The largest absolute Gasteiger partial charge is 0.485 e. The summed E-state index contributed by atoms with van der Waals surface area (Å²) in [6, 6.07) is 1.18. The predicted molar refractivity (Wildman–Crippen MR) is 95.8 cm³/mol. The van der Waals surface area contributed by atoms with Crippen molar-refractivity contribution in [3.05, 3.63) is 28.0 Å². The Morgan fingerprint density at radius 1 is 1.39 bits per heavy atom. The second-order valence-electron chi connectivity index (χ2n) is 6.42. The van der Waals surface area contributed by atoms with Crippen LogP contribution >= 0.6 is 11.6 Å². The van der Waals surface area contributed by atoms with Gasteiger partial charge < -0.3 is 4.74 Å². The smallest absolute Gasteiger partial charge is 0.305 e. The topological polar surface area (TPSA) is 94.1 Å². The van der Waals surface area contributed by atoms with Crippen LogP contribution in [0.25, 0.3) is 0 Å². The van der Waals surface area contributed by atoms with Crippen LogP contribution in [0.5, 0.6) is 5.75 Å². The summed E-state index contributed by atoms with van der Waals surface area (Å²) in [4.78, 5) is 11.3. The van der Waals surface area contributed by atoms with E-state index in [1.807, 2.05) is 0 Å². The third kappa shape index (κ3) is 5.58. The maximum Gasteiger partial charge on any atom is 0.305 e. The molecule has 1 aliphatic heterocycles. The van der Waals surface area contributed by atoms with Crippen LogP contribution in [0.2, 0.25) is 5.02 Å². The fraction of sp³-hybridized carbons (Fsp3) is 0.500. The van der Waals surface area contributed by atoms with Crippen LogP contribution in [-0.2, 0) is 19.1 Å². The zero-order chi connectivity index (χ0) is 21.3. The number of nitrogens with zero attached hydrogens (tertiary/aromatic N) is 1. The Balaban J connectivity index is 2.24. The number of carbonyl (C=O) groups excluding carboxylic acids is 1. The highest BCUT2D eigenvalue weighted by Crippen LogP contribution is 2.35. The molecular weight excluding hydrogens is 425 g/mol. The van der Waals surface area contributed by atoms with Gasteiger partial charge in [-0.05, 0) is 13.0 Å². The van der Waals surface area contributed by atoms with E-state index in [2.05, 4.69) is 14.7 Å². The molecule has 0 saturated carbocycles. The summed E-state index contributed by atoms with van der Waals surface area (Å²) < 4.78 is 73.0. The minimum absolute atomic E-state index is 0.0227. The monoisotopic (exact) mass is 442 g/mol. The molecule has 1 N–H and O–H groups in total. The Morgan fingerprint density at radius 3 is 2.61 bits per heavy atom. The van der Waals surface area contributed by atoms with Crippen LogP contribution in [0.4, 0.5) is 13.2 Å². The molecule has 0 bridgehead atoms. The van der Waals surface area contributed by atoms with Crippen molar-refractivity contribution in [1.29, 1.82) is 0 Å². The van der Waals surface area contributed by atoms with Gasteiger partial charge in [-0.3, -0.25) is 8.98 Å². The van der Waals surface area contributed by atoms with Gasteiger partial charge in [0.1, 0.15) is 18.2 Å². The Hall–Kier alpha value is -1.85. The summed E-state index contributed by atoms with van der Waals surface area (Å²) in [6.07, 6.45) is 0.746. The number of benzene rings is 1. The molecule has 1 aromatic rings. The highest BCUT2D eigenvalue weighted by Gasteiger charge is 2.34. The Morgan fingerprint density at radius 2 is 2.04 bits per heavy atom. The van der Waals surface area contributed by atoms with Crippen molar-refractivity contribution in [2.45, 2.75) is 26.2 Å². The normalized spacial score (nSPS) is 17.9. The molecule has 1 heterocycles. The molecule has 0 saturated heterocycles. The van der Waals surface area contributed by atoms with Crippen LogP contribution < -0.4 is 10.2 Å². The summed E-state index contributed by atoms with van der Waals surface area (Å²) in [5.41, 5.74) is 2.42. The Bertz CT molecular complexity index is 921. The summed E-state index contributed by atoms with van der Waals surface area (Å²) in [6.45, 7) is 0.289. The van der Waals surface area contributed by atoms with Crippen LogP contribution in [-0.4, -0.2) is 45.4 Å². The quantitative estimate of drug-likeness (QED) is 0.655. The zero-order valence-corrected chi connectivity index (χ0v) is 16.8. The molecule has 0 aliphatic carbocycles. The van der Waals surface area contributed by atoms with Crippen molar-refractivity contribution >= 4 is 33.3 Å². The third-order valence-electron chi connectivity index (χ3n) is 3.84. The standard InChI is InChI=1S/C16H18ClF3N2O5S/c1-8-4-12(23)21-22-14(8)10-5-11(17)15(9(2)13(10)18)26-6-16(19,20)7-27-28(3,24)25/h5,8H,4,6-7H2,1-3H3,(H,21,23). The fourth-order valence-electron chi connectivity index (χ4n) is 2.49. The molecule has 0 radical (unpaired) electrons. The van der Waals surface area contributed by atoms with Crippen molar-refractivity contribution in [3.63, 3.8) is 0 Å². The van der Waals surface area contributed by atoms with Gasteiger partial charge in [-0.15, -0.1) is 0 Å². The molecule has 1 amide bonds. The summed E-state index contributed by atoms with van der Waals surface area (Å²) >= 11 is 6.07. The molecule has 0 aromatic heterocycles. The lowest BCUT2D eigenvalue weighted by atomic mass is 9.92. The summed E-state index contributed by atoms with van der Waals surface area (Å²) in [5.74, 6) is -5.42. The zero-order valence-electron chi connectivity index (χ0n) is 15.2. The molecule has 1 atom stereocenters. The Labute approximate surface area is 165 Å². The first kappa shape index (κ1) is 22.4. The maximum absolute atomic E-state index is 14.8. The Kier molecular flexibility index (Phi) is 6.62. The number of alkyl halides is 2. The molecule has 0 fully saturated rings. The van der Waals surface area contributed by atoms with Crippen LogP contribution in [0.15, 0.2) is 11.2 Å². The number of hydrogen-bond donors (Lipinski definition) is 1. The third-order valence-corrected chi connectivity index (χ3v) is 4.67. The first-order chi connectivity index (χ1) is 12.8. The number of halogens is 4. The number of rotatable bonds is 7. The highest BCUT2D eigenvalue weighted by atomic mass is 35.5. The molecular formula is C16H18ClF3N2O5S. The molecule has 1 aromatic carbocycles. The van der Waals surface area contributed by atoms with Crippen molar-refractivity contribution in [2.75, 3.05) is 19.5 Å². The van der Waals surface area contributed by atoms with Gasteiger partial charge in [0, 0.05) is 23.5 Å². The van der Waals surface area contributed by atoms with Crippen LogP contribution in [0, 0.1) is 18.7 Å². The van der Waals surface area contributed by atoms with Crippen molar-refractivity contribution in [2.24, 2.45) is 11.0 Å². The first-order valence-corrected chi connectivity index (χ1v) is 10.2. The molecule has 28 heavy (non-hydrogen) atoms. The van der Waals surface area contributed by atoms with Gasteiger partial charge in [0.25, 0.3) is 10.1 Å². The van der Waals surface area contributed by atoms with E-state index < -0.39 is 35.1 Å². The fourth-order valence-corrected chi connectivity index (χ4v) is 3.18. The van der Waals surface area contributed by atoms with E-state index in [1.165, 1.54) is 13.0 Å². The average Bonchev–Trinajstić information content (AvgIpc) is 2.56. The second-order valence-corrected chi connectivity index (χ2v) is 8.47. The number of nitrogens with one attached hydrogen (secondary N) is 1. The van der Waals surface area contributed by atoms with E-state index >= 15 is 0 Å². The number of ether oxygens (including phenoxy) is 1. The van der Waals surface area contributed by atoms with E-state index in [0.717, 1.165) is 0 Å². The minimum atomic E-state index is -4.06. The maximum atomic E-state index is 14.8. The van der Waals surface area contributed by atoms with Gasteiger partial charge in [-0.25, -0.2) is 18.6 Å². The molecule has 2 rings (SSSR count). The lowest BCUT2D eigenvalue weighted by Crippen LogP contribution is -2.33. The van der Waals surface area contributed by atoms with Gasteiger partial charge in [-0.2, -0.15) is 13.5 Å². The summed E-state index contributed by atoms with van der Waals surface area (Å²) in [5, 5.41) is 3.71. The van der Waals surface area contributed by atoms with Gasteiger partial charge in [0.2, 0.25) is 5.91 Å². The van der Waals surface area contributed by atoms with E-state index in [1.54, 1.807) is 6.92 Å². The van der Waals surface area contributed by atoms with Crippen molar-refractivity contribution in [3.8, 4) is 5.75 Å². The number of amides is 1. The van der Waals surface area contributed by atoms with Crippen molar-refractivity contribution < 1.29 is 35.3 Å². The molecule has 0 spiro atoms. The molecule has 1 unspecified atom stereocenters. The minimum Gasteiger partial charge on any atom is -0.485 e. The van der Waals surface area contributed by atoms with Crippen molar-refractivity contribution in [1.82, 2.24) is 5.43 Å². The molecule has 7 nitrogen and oxygen atoms in total. The highest BCUT2D eigenvalue weighted by molar-refractivity contribution is 7.85. The number of hydrogen-bond acceptors (Lipinski definition) is 6. The lowest BCUT2D eigenvalue weighted by Gasteiger charge is -2.22. The van der Waals surface area contributed by atoms with E-state index in [0.29, 0.717) is 6.26 Å². The van der Waals surface area contributed by atoms with Gasteiger partial charge in [0.05, 0.1) is 17.0 Å². The average molecular weight is 443 g/mol. The second kappa shape index (κ2) is 8.26. The van der Waals surface area contributed by atoms with Gasteiger partial charge >= 0.3 is 5.92 Å². The van der Waals surface area contributed by atoms with E-state index in [9.17, 15) is 26.4 Å². The first-order valence-electron chi connectivity index (χ1n) is 8.01. The van der Waals surface area contributed by atoms with Crippen LogP contribution in [0.3, 0.4) is 0 Å². The summed E-state index contributed by atoms with van der Waals surface area (Å²) in [7, 11) is -4.06. The molecule has 156 valence electrons. The lowest BCUT2D eigenvalue weighted by molar-refractivity contribution is -0.121. The van der Waals surface area contributed by atoms with Gasteiger partial charge in [0.15, 0.2) is 6.61 Å². The van der Waals surface area contributed by atoms with Gasteiger partial charge in [-0.1, -0.05) is 18.5 Å². The van der Waals surface area contributed by atoms with Crippen LogP contribution in [0.1, 0.15) is 24.5 Å².